The van der Waals surface area contributed by atoms with Crippen LogP contribution >= 0.6 is 0 Å². The van der Waals surface area contributed by atoms with Gasteiger partial charge in [0.1, 0.15) is 0 Å². The monoisotopic (exact) mass is 285 g/mol. The first-order chi connectivity index (χ1) is 8.92. The van der Waals surface area contributed by atoms with E-state index in [0.717, 1.165) is 0 Å². The molecule has 0 unspecified atom stereocenters. The Morgan fingerprint density at radius 3 is 2.42 bits per heavy atom. The molecule has 0 heterocycles. The maximum atomic E-state index is 12.2. The lowest BCUT2D eigenvalue weighted by molar-refractivity contribution is 0.249. The highest BCUT2D eigenvalue weighted by Gasteiger charge is 2.20. The van der Waals surface area contributed by atoms with Gasteiger partial charge in [0.15, 0.2) is 9.84 Å². The Hall–Kier alpha value is -1.07. The lowest BCUT2D eigenvalue weighted by atomic mass is 10.1. The van der Waals surface area contributed by atoms with Gasteiger partial charge in [-0.15, -0.1) is 0 Å². The quantitative estimate of drug-likeness (QED) is 0.806. The van der Waals surface area contributed by atoms with Crippen LogP contribution in [0.25, 0.3) is 0 Å². The average molecular weight is 285 g/mol. The van der Waals surface area contributed by atoms with Crippen molar-refractivity contribution in [2.75, 3.05) is 17.7 Å². The molecule has 1 rings (SSSR count). The minimum atomic E-state index is -3.26. The van der Waals surface area contributed by atoms with Gasteiger partial charge in [-0.2, -0.15) is 0 Å². The zero-order chi connectivity index (χ0) is 14.5. The third-order valence-electron chi connectivity index (χ3n) is 3.04. The molecule has 0 fully saturated rings. The van der Waals surface area contributed by atoms with Crippen LogP contribution in [0.15, 0.2) is 29.2 Å². The fraction of sp³-hybridized carbons (Fsp3) is 0.571. The predicted molar refractivity (Wildman–Crippen MR) is 78.1 cm³/mol. The minimum absolute atomic E-state index is 0.0280. The van der Waals surface area contributed by atoms with E-state index < -0.39 is 9.84 Å². The smallest absolute Gasteiger partial charge is 0.180 e. The van der Waals surface area contributed by atoms with Gasteiger partial charge in [0.05, 0.1) is 29.0 Å². The van der Waals surface area contributed by atoms with Crippen LogP contribution in [-0.2, 0) is 9.84 Å². The second-order valence-electron chi connectivity index (χ2n) is 4.99. The van der Waals surface area contributed by atoms with Gasteiger partial charge in [-0.1, -0.05) is 32.9 Å². The van der Waals surface area contributed by atoms with Crippen molar-refractivity contribution in [1.82, 2.24) is 0 Å². The summed E-state index contributed by atoms with van der Waals surface area (Å²) in [5.41, 5.74) is 0.573. The lowest BCUT2D eigenvalue weighted by Crippen LogP contribution is -2.30. The summed E-state index contributed by atoms with van der Waals surface area (Å²) in [6, 6.07) is 6.72. The van der Waals surface area contributed by atoms with Crippen LogP contribution in [0.2, 0.25) is 0 Å². The number of aliphatic hydroxyl groups is 1. The second-order valence-corrected chi connectivity index (χ2v) is 7.07. The fourth-order valence-electron chi connectivity index (χ4n) is 1.86. The number of rotatable bonds is 7. The van der Waals surface area contributed by atoms with Crippen LogP contribution in [-0.4, -0.2) is 31.9 Å². The second kappa shape index (κ2) is 6.91. The summed E-state index contributed by atoms with van der Waals surface area (Å²) in [4.78, 5) is 0.316. The van der Waals surface area contributed by atoms with Crippen molar-refractivity contribution in [2.45, 2.75) is 38.1 Å². The first-order valence-electron chi connectivity index (χ1n) is 6.61. The van der Waals surface area contributed by atoms with Gasteiger partial charge in [0, 0.05) is 0 Å². The molecule has 108 valence electrons. The number of para-hydroxylation sites is 1. The summed E-state index contributed by atoms with van der Waals surface area (Å²) < 4.78 is 24.4. The van der Waals surface area contributed by atoms with Crippen LogP contribution in [0.5, 0.6) is 0 Å². The van der Waals surface area contributed by atoms with E-state index in [4.69, 9.17) is 0 Å². The number of aliphatic hydroxyl groups excluding tert-OH is 1. The van der Waals surface area contributed by atoms with E-state index in [9.17, 15) is 13.5 Å². The number of anilines is 1. The molecule has 1 aromatic rings. The van der Waals surface area contributed by atoms with E-state index in [1.165, 1.54) is 0 Å². The van der Waals surface area contributed by atoms with Crippen LogP contribution in [0.3, 0.4) is 0 Å². The highest BCUT2D eigenvalue weighted by atomic mass is 32.2. The number of nitrogens with one attached hydrogen (secondary N) is 1. The molecule has 1 aromatic carbocycles. The molecule has 0 bridgehead atoms. The highest BCUT2D eigenvalue weighted by Crippen LogP contribution is 2.24. The zero-order valence-electron chi connectivity index (χ0n) is 11.8. The third kappa shape index (κ3) is 4.21. The Bertz CT molecular complexity index is 497. The minimum Gasteiger partial charge on any atom is -0.394 e. The van der Waals surface area contributed by atoms with Crippen LogP contribution in [0.4, 0.5) is 5.69 Å². The van der Waals surface area contributed by atoms with Gasteiger partial charge in [0.2, 0.25) is 0 Å². The summed E-state index contributed by atoms with van der Waals surface area (Å²) in [5, 5.41) is 12.5. The molecule has 0 amide bonds. The Balaban J connectivity index is 3.09. The summed E-state index contributed by atoms with van der Waals surface area (Å²) in [6.07, 6.45) is 0.588. The molecule has 0 aliphatic carbocycles. The summed E-state index contributed by atoms with van der Waals surface area (Å²) in [5.74, 6) is 0.351. The molecular formula is C14H23NO3S. The van der Waals surface area contributed by atoms with Gasteiger partial charge in [-0.05, 0) is 24.5 Å². The fourth-order valence-corrected chi connectivity index (χ4v) is 3.36. The van der Waals surface area contributed by atoms with Crippen LogP contribution < -0.4 is 5.32 Å². The maximum Gasteiger partial charge on any atom is 0.180 e. The zero-order valence-corrected chi connectivity index (χ0v) is 12.6. The number of benzene rings is 1. The van der Waals surface area contributed by atoms with Gasteiger partial charge >= 0.3 is 0 Å². The topological polar surface area (TPSA) is 66.4 Å². The molecule has 0 saturated heterocycles. The summed E-state index contributed by atoms with van der Waals surface area (Å²) >= 11 is 0. The largest absolute Gasteiger partial charge is 0.394 e. The first kappa shape index (κ1) is 16.0. The SMILES string of the molecule is CCCS(=O)(=O)c1ccccc1N[C@H](CO)C(C)C. The van der Waals surface area contributed by atoms with Crippen molar-refractivity contribution in [2.24, 2.45) is 5.92 Å². The third-order valence-corrected chi connectivity index (χ3v) is 5.01. The van der Waals surface area contributed by atoms with Gasteiger partial charge < -0.3 is 10.4 Å². The highest BCUT2D eigenvalue weighted by molar-refractivity contribution is 7.91. The normalized spacial score (nSPS) is 13.5. The molecule has 0 aliphatic heterocycles. The van der Waals surface area contributed by atoms with Gasteiger partial charge in [-0.3, -0.25) is 0 Å². The van der Waals surface area contributed by atoms with E-state index in [2.05, 4.69) is 5.32 Å². The van der Waals surface area contributed by atoms with Crippen molar-refractivity contribution in [3.05, 3.63) is 24.3 Å². The molecule has 1 atom stereocenters. The molecule has 0 spiro atoms. The number of hydrogen-bond acceptors (Lipinski definition) is 4. The maximum absolute atomic E-state index is 12.2. The summed E-state index contributed by atoms with van der Waals surface area (Å²) in [7, 11) is -3.26. The van der Waals surface area contributed by atoms with E-state index in [1.807, 2.05) is 20.8 Å². The molecule has 0 radical (unpaired) electrons. The predicted octanol–water partition coefficient (Wildman–Crippen LogP) is 2.30. The molecule has 4 nitrogen and oxygen atoms in total. The Morgan fingerprint density at radius 2 is 1.89 bits per heavy atom. The number of hydrogen-bond donors (Lipinski definition) is 2. The molecular weight excluding hydrogens is 262 g/mol. The lowest BCUT2D eigenvalue weighted by Gasteiger charge is -2.22. The van der Waals surface area contributed by atoms with Crippen molar-refractivity contribution < 1.29 is 13.5 Å². The number of sulfone groups is 1. The molecule has 0 saturated carbocycles. The molecule has 0 aliphatic rings. The molecule has 5 heteroatoms. The van der Waals surface area contributed by atoms with E-state index in [0.29, 0.717) is 17.0 Å². The van der Waals surface area contributed by atoms with Gasteiger partial charge in [0.25, 0.3) is 0 Å². The molecule has 2 N–H and O–H groups in total. The molecule has 19 heavy (non-hydrogen) atoms. The van der Waals surface area contributed by atoms with Crippen molar-refractivity contribution in [3.8, 4) is 0 Å². The Morgan fingerprint density at radius 1 is 1.26 bits per heavy atom. The van der Waals surface area contributed by atoms with E-state index in [-0.39, 0.29) is 24.3 Å². The van der Waals surface area contributed by atoms with Crippen LogP contribution in [0, 0.1) is 5.92 Å². The average Bonchev–Trinajstić information content (AvgIpc) is 2.35. The Kier molecular flexibility index (Phi) is 5.82. The van der Waals surface area contributed by atoms with Crippen molar-refractivity contribution in [3.63, 3.8) is 0 Å². The van der Waals surface area contributed by atoms with E-state index in [1.54, 1.807) is 24.3 Å². The Labute approximate surface area is 115 Å². The van der Waals surface area contributed by atoms with Gasteiger partial charge in [-0.25, -0.2) is 8.42 Å². The van der Waals surface area contributed by atoms with E-state index >= 15 is 0 Å². The molecule has 0 aromatic heterocycles. The first-order valence-corrected chi connectivity index (χ1v) is 8.26. The van der Waals surface area contributed by atoms with Crippen molar-refractivity contribution >= 4 is 15.5 Å². The summed E-state index contributed by atoms with van der Waals surface area (Å²) in [6.45, 7) is 5.78. The standard InChI is InChI=1S/C14H23NO3S/c1-4-9-19(17,18)14-8-6-5-7-12(14)15-13(10-16)11(2)3/h5-8,11,13,15-16H,4,9-10H2,1-3H3/t13-/m1/s1. The van der Waals surface area contributed by atoms with Crippen LogP contribution in [0.1, 0.15) is 27.2 Å². The van der Waals surface area contributed by atoms with Crippen molar-refractivity contribution in [1.29, 1.82) is 0 Å².